The monoisotopic (exact) mass is 457 g/mol. The minimum Gasteiger partial charge on any atom is -0.493 e. The van der Waals surface area contributed by atoms with E-state index in [1.165, 1.54) is 19.2 Å². The van der Waals surface area contributed by atoms with Crippen LogP contribution < -0.4 is 4.74 Å². The quantitative estimate of drug-likeness (QED) is 0.398. The standard InChI is InChI=1S/C21H26F3N3O5/c1-3-5-14-16(7-6-15-18(14)32-25-19(15)21(22,23)24)31-13-4-9-26-11-12-27(20(26)29)10-8-17(28)30-2/h6-7H,3-5,8-13H2,1-2H3. The van der Waals surface area contributed by atoms with Crippen molar-refractivity contribution in [1.82, 2.24) is 15.0 Å². The van der Waals surface area contributed by atoms with Gasteiger partial charge in [-0.2, -0.15) is 13.2 Å². The van der Waals surface area contributed by atoms with E-state index in [9.17, 15) is 22.8 Å². The second-order valence-electron chi connectivity index (χ2n) is 7.48. The average Bonchev–Trinajstić information content (AvgIpc) is 3.34. The molecule has 8 nitrogen and oxygen atoms in total. The van der Waals surface area contributed by atoms with Crippen molar-refractivity contribution >= 4 is 23.0 Å². The third-order valence-corrected chi connectivity index (χ3v) is 5.29. The Morgan fingerprint density at radius 3 is 2.59 bits per heavy atom. The highest BCUT2D eigenvalue weighted by atomic mass is 19.4. The van der Waals surface area contributed by atoms with Crippen LogP contribution in [0.3, 0.4) is 0 Å². The van der Waals surface area contributed by atoms with Crippen LogP contribution in [0, 0.1) is 0 Å². The first kappa shape index (κ1) is 23.7. The first-order valence-electron chi connectivity index (χ1n) is 10.5. The van der Waals surface area contributed by atoms with Crippen molar-refractivity contribution in [3.05, 3.63) is 23.4 Å². The van der Waals surface area contributed by atoms with Crippen LogP contribution in [-0.2, 0) is 22.1 Å². The summed E-state index contributed by atoms with van der Waals surface area (Å²) in [6.45, 7) is 4.09. The van der Waals surface area contributed by atoms with Crippen LogP contribution in [-0.4, -0.2) is 66.9 Å². The van der Waals surface area contributed by atoms with Gasteiger partial charge in [-0.3, -0.25) is 4.79 Å². The second kappa shape index (κ2) is 10.1. The van der Waals surface area contributed by atoms with Gasteiger partial charge in [0.1, 0.15) is 5.75 Å². The number of esters is 1. The lowest BCUT2D eigenvalue weighted by atomic mass is 10.0. The number of amides is 2. The van der Waals surface area contributed by atoms with Gasteiger partial charge in [-0.1, -0.05) is 18.5 Å². The van der Waals surface area contributed by atoms with Gasteiger partial charge in [0.15, 0.2) is 11.3 Å². The minimum atomic E-state index is -4.59. The number of ether oxygens (including phenoxy) is 2. The van der Waals surface area contributed by atoms with Crippen LogP contribution in [0.1, 0.15) is 37.4 Å². The Bertz CT molecular complexity index is 960. The zero-order chi connectivity index (χ0) is 23.3. The molecule has 0 aliphatic carbocycles. The third-order valence-electron chi connectivity index (χ3n) is 5.29. The molecule has 1 aliphatic heterocycles. The molecule has 176 valence electrons. The molecule has 2 aromatic rings. The Kier molecular flexibility index (Phi) is 7.47. The molecule has 1 fully saturated rings. The lowest BCUT2D eigenvalue weighted by Gasteiger charge is -2.18. The van der Waals surface area contributed by atoms with Gasteiger partial charge in [0.25, 0.3) is 0 Å². The molecule has 1 aliphatic rings. The van der Waals surface area contributed by atoms with Gasteiger partial charge in [-0.15, -0.1) is 0 Å². The Labute approximate surface area is 183 Å². The summed E-state index contributed by atoms with van der Waals surface area (Å²) in [4.78, 5) is 26.9. The van der Waals surface area contributed by atoms with E-state index in [0.717, 1.165) is 0 Å². The first-order chi connectivity index (χ1) is 15.3. The minimum absolute atomic E-state index is 0.0805. The summed E-state index contributed by atoms with van der Waals surface area (Å²) < 4.78 is 54.8. The molecule has 11 heteroatoms. The lowest BCUT2D eigenvalue weighted by molar-refractivity contribution is -0.142. The van der Waals surface area contributed by atoms with E-state index in [2.05, 4.69) is 9.89 Å². The predicted octanol–water partition coefficient (Wildman–Crippen LogP) is 3.87. The van der Waals surface area contributed by atoms with Crippen molar-refractivity contribution in [3.8, 4) is 5.75 Å². The summed E-state index contributed by atoms with van der Waals surface area (Å²) in [5, 5.41) is 3.13. The Balaban J connectivity index is 1.57. The highest BCUT2D eigenvalue weighted by molar-refractivity contribution is 5.85. The first-order valence-corrected chi connectivity index (χ1v) is 10.5. The fraction of sp³-hybridized carbons (Fsp3) is 0.571. The molecule has 0 bridgehead atoms. The summed E-state index contributed by atoms with van der Waals surface area (Å²) in [7, 11) is 1.31. The topological polar surface area (TPSA) is 85.1 Å². The van der Waals surface area contributed by atoms with Gasteiger partial charge in [0, 0.05) is 31.7 Å². The number of urea groups is 1. The largest absolute Gasteiger partial charge is 0.493 e. The van der Waals surface area contributed by atoms with E-state index in [1.807, 2.05) is 6.92 Å². The Morgan fingerprint density at radius 2 is 1.94 bits per heavy atom. The summed E-state index contributed by atoms with van der Waals surface area (Å²) in [5.74, 6) is 0.0929. The molecule has 1 aromatic heterocycles. The SMILES string of the molecule is CCCc1c(OCCCN2CCN(CCC(=O)OC)C2=O)ccc2c(C(F)(F)F)noc12. The van der Waals surface area contributed by atoms with Gasteiger partial charge in [0.2, 0.25) is 0 Å². The van der Waals surface area contributed by atoms with Gasteiger partial charge in [0.05, 0.1) is 25.5 Å². The molecule has 1 aromatic carbocycles. The second-order valence-corrected chi connectivity index (χ2v) is 7.48. The average molecular weight is 457 g/mol. The van der Waals surface area contributed by atoms with E-state index >= 15 is 0 Å². The Hall–Kier alpha value is -2.98. The molecule has 2 amide bonds. The van der Waals surface area contributed by atoms with Crippen molar-refractivity contribution < 1.29 is 36.8 Å². The smallest absolute Gasteiger partial charge is 0.437 e. The number of hydrogen-bond donors (Lipinski definition) is 0. The van der Waals surface area contributed by atoms with E-state index in [1.54, 1.807) is 9.80 Å². The molecule has 0 unspecified atom stereocenters. The molecular weight excluding hydrogens is 431 g/mol. The zero-order valence-corrected chi connectivity index (χ0v) is 18.0. The van der Waals surface area contributed by atoms with Gasteiger partial charge >= 0.3 is 18.2 Å². The summed E-state index contributed by atoms with van der Waals surface area (Å²) in [6, 6.07) is 2.69. The number of aryl methyl sites for hydroxylation is 1. The number of fused-ring (bicyclic) bond motifs is 1. The number of halogens is 3. The zero-order valence-electron chi connectivity index (χ0n) is 18.0. The van der Waals surface area contributed by atoms with Crippen LogP contribution in [0.4, 0.5) is 18.0 Å². The normalized spacial score (nSPS) is 14.5. The lowest BCUT2D eigenvalue weighted by Crippen LogP contribution is -2.34. The molecule has 3 rings (SSSR count). The Morgan fingerprint density at radius 1 is 1.22 bits per heavy atom. The highest BCUT2D eigenvalue weighted by Crippen LogP contribution is 2.38. The highest BCUT2D eigenvalue weighted by Gasteiger charge is 2.37. The summed E-state index contributed by atoms with van der Waals surface area (Å²) >= 11 is 0. The molecule has 32 heavy (non-hydrogen) atoms. The maximum Gasteiger partial charge on any atom is 0.437 e. The van der Waals surface area contributed by atoms with Crippen LogP contribution in [0.25, 0.3) is 11.0 Å². The van der Waals surface area contributed by atoms with Crippen LogP contribution >= 0.6 is 0 Å². The van der Waals surface area contributed by atoms with Crippen molar-refractivity contribution in [3.63, 3.8) is 0 Å². The number of carbonyl (C=O) groups excluding carboxylic acids is 2. The maximum absolute atomic E-state index is 13.1. The molecule has 0 N–H and O–H groups in total. The van der Waals surface area contributed by atoms with Gasteiger partial charge in [-0.25, -0.2) is 4.79 Å². The molecule has 2 heterocycles. The van der Waals surface area contributed by atoms with Crippen molar-refractivity contribution in [2.45, 2.75) is 38.8 Å². The number of aromatic nitrogens is 1. The third kappa shape index (κ3) is 5.25. The van der Waals surface area contributed by atoms with E-state index < -0.39 is 11.9 Å². The fourth-order valence-corrected chi connectivity index (χ4v) is 3.68. The summed E-state index contributed by atoms with van der Waals surface area (Å²) in [5.41, 5.74) is -0.396. The number of hydrogen-bond acceptors (Lipinski definition) is 6. The number of nitrogens with zero attached hydrogens (tertiary/aromatic N) is 3. The molecule has 0 saturated carbocycles. The van der Waals surface area contributed by atoms with Crippen molar-refractivity contribution in [1.29, 1.82) is 0 Å². The number of alkyl halides is 3. The number of carbonyl (C=O) groups is 2. The predicted molar refractivity (Wildman–Crippen MR) is 108 cm³/mol. The van der Waals surface area contributed by atoms with Gasteiger partial charge < -0.3 is 23.8 Å². The summed E-state index contributed by atoms with van der Waals surface area (Å²) in [6.07, 6.45) is -2.71. The van der Waals surface area contributed by atoms with Crippen LogP contribution in [0.5, 0.6) is 5.75 Å². The number of rotatable bonds is 10. The molecule has 1 saturated heterocycles. The van der Waals surface area contributed by atoms with E-state index in [0.29, 0.717) is 56.8 Å². The van der Waals surface area contributed by atoms with Crippen molar-refractivity contribution in [2.24, 2.45) is 0 Å². The molecule has 0 atom stereocenters. The number of benzene rings is 1. The van der Waals surface area contributed by atoms with E-state index in [-0.39, 0.29) is 36.0 Å². The maximum atomic E-state index is 13.1. The van der Waals surface area contributed by atoms with E-state index in [4.69, 9.17) is 9.26 Å². The molecular formula is C21H26F3N3O5. The molecule has 0 radical (unpaired) electrons. The van der Waals surface area contributed by atoms with Crippen LogP contribution in [0.15, 0.2) is 16.7 Å². The van der Waals surface area contributed by atoms with Crippen molar-refractivity contribution in [2.75, 3.05) is 39.9 Å². The van der Waals surface area contributed by atoms with Gasteiger partial charge in [-0.05, 0) is 25.0 Å². The fourth-order valence-electron chi connectivity index (χ4n) is 3.68. The van der Waals surface area contributed by atoms with Crippen LogP contribution in [0.2, 0.25) is 0 Å². The molecule has 0 spiro atoms. The number of methoxy groups -OCH3 is 1.